The molecule has 0 bridgehead atoms. The third-order valence-corrected chi connectivity index (χ3v) is 4.22. The minimum atomic E-state index is -0.554. The van der Waals surface area contributed by atoms with E-state index in [0.29, 0.717) is 24.7 Å². The SMILES string of the molecule is CNCCC1CCN(C(=O)c2cc(NC(C)=O)ccc2F)CC1.Cl. The molecule has 2 N–H and O–H groups in total. The Morgan fingerprint density at radius 1 is 1.29 bits per heavy atom. The minimum Gasteiger partial charge on any atom is -0.339 e. The van der Waals surface area contributed by atoms with Crippen LogP contribution in [0.4, 0.5) is 10.1 Å². The van der Waals surface area contributed by atoms with Crippen molar-refractivity contribution in [1.82, 2.24) is 10.2 Å². The summed E-state index contributed by atoms with van der Waals surface area (Å²) in [6, 6.07) is 4.09. The summed E-state index contributed by atoms with van der Waals surface area (Å²) in [4.78, 5) is 25.3. The van der Waals surface area contributed by atoms with Gasteiger partial charge in [-0.2, -0.15) is 0 Å². The van der Waals surface area contributed by atoms with Crippen LogP contribution in [0.2, 0.25) is 0 Å². The Hall–Kier alpha value is -1.66. The Labute approximate surface area is 148 Å². The number of halogens is 2. The smallest absolute Gasteiger partial charge is 0.256 e. The van der Waals surface area contributed by atoms with Crippen LogP contribution in [0.5, 0.6) is 0 Å². The van der Waals surface area contributed by atoms with Crippen molar-refractivity contribution >= 4 is 29.9 Å². The van der Waals surface area contributed by atoms with E-state index >= 15 is 0 Å². The van der Waals surface area contributed by atoms with Crippen molar-refractivity contribution in [2.45, 2.75) is 26.2 Å². The fourth-order valence-electron chi connectivity index (χ4n) is 2.91. The fourth-order valence-corrected chi connectivity index (χ4v) is 2.91. The van der Waals surface area contributed by atoms with E-state index < -0.39 is 5.82 Å². The summed E-state index contributed by atoms with van der Waals surface area (Å²) in [5.41, 5.74) is 0.455. The van der Waals surface area contributed by atoms with Crippen molar-refractivity contribution in [3.05, 3.63) is 29.6 Å². The number of piperidine rings is 1. The summed E-state index contributed by atoms with van der Waals surface area (Å²) < 4.78 is 14.0. The summed E-state index contributed by atoms with van der Waals surface area (Å²) in [5, 5.41) is 5.72. The second kappa shape index (κ2) is 9.59. The predicted molar refractivity (Wildman–Crippen MR) is 95.1 cm³/mol. The predicted octanol–water partition coefficient (Wildman–Crippen LogP) is 2.67. The molecule has 7 heteroatoms. The molecule has 24 heavy (non-hydrogen) atoms. The molecule has 0 atom stereocenters. The molecule has 0 aliphatic carbocycles. The van der Waals surface area contributed by atoms with E-state index in [1.54, 1.807) is 4.90 Å². The Kier molecular flexibility index (Phi) is 8.15. The number of benzene rings is 1. The number of nitrogens with zero attached hydrogens (tertiary/aromatic N) is 1. The Bertz CT molecular complexity index is 575. The van der Waals surface area contributed by atoms with E-state index in [0.717, 1.165) is 25.8 Å². The monoisotopic (exact) mass is 357 g/mol. The lowest BCUT2D eigenvalue weighted by atomic mass is 9.93. The third-order valence-electron chi connectivity index (χ3n) is 4.22. The minimum absolute atomic E-state index is 0. The number of carbonyl (C=O) groups excluding carboxylic acids is 2. The number of amides is 2. The molecular formula is C17H25ClFN3O2. The quantitative estimate of drug-likeness (QED) is 0.851. The highest BCUT2D eigenvalue weighted by Gasteiger charge is 2.25. The first kappa shape index (κ1) is 20.4. The lowest BCUT2D eigenvalue weighted by molar-refractivity contribution is -0.114. The summed E-state index contributed by atoms with van der Waals surface area (Å²) in [6.45, 7) is 3.65. The van der Waals surface area contributed by atoms with Gasteiger partial charge in [-0.25, -0.2) is 4.39 Å². The first-order chi connectivity index (χ1) is 11.0. The molecule has 0 unspecified atom stereocenters. The lowest BCUT2D eigenvalue weighted by Crippen LogP contribution is -2.39. The van der Waals surface area contributed by atoms with Gasteiger partial charge in [-0.3, -0.25) is 9.59 Å². The van der Waals surface area contributed by atoms with Crippen molar-refractivity contribution in [2.24, 2.45) is 5.92 Å². The second-order valence-corrected chi connectivity index (χ2v) is 6.00. The molecule has 0 spiro atoms. The fraction of sp³-hybridized carbons (Fsp3) is 0.529. The van der Waals surface area contributed by atoms with Gasteiger partial charge in [0.05, 0.1) is 5.56 Å². The van der Waals surface area contributed by atoms with Gasteiger partial charge >= 0.3 is 0 Å². The molecule has 0 radical (unpaired) electrons. The van der Waals surface area contributed by atoms with Gasteiger partial charge < -0.3 is 15.5 Å². The van der Waals surface area contributed by atoms with Crippen molar-refractivity contribution < 1.29 is 14.0 Å². The van der Waals surface area contributed by atoms with Gasteiger partial charge in [0.1, 0.15) is 5.82 Å². The van der Waals surface area contributed by atoms with Crippen LogP contribution in [-0.4, -0.2) is 43.4 Å². The summed E-state index contributed by atoms with van der Waals surface area (Å²) in [7, 11) is 1.93. The molecule has 1 aromatic carbocycles. The van der Waals surface area contributed by atoms with E-state index in [1.807, 2.05) is 7.05 Å². The molecule has 134 valence electrons. The first-order valence-electron chi connectivity index (χ1n) is 8.02. The van der Waals surface area contributed by atoms with Crippen LogP contribution in [0.25, 0.3) is 0 Å². The van der Waals surface area contributed by atoms with Crippen LogP contribution >= 0.6 is 12.4 Å². The van der Waals surface area contributed by atoms with Gasteiger partial charge in [0.15, 0.2) is 0 Å². The summed E-state index contributed by atoms with van der Waals surface area (Å²) >= 11 is 0. The normalized spacial score (nSPS) is 14.9. The summed E-state index contributed by atoms with van der Waals surface area (Å²) in [5.74, 6) is -0.495. The van der Waals surface area contributed by atoms with Crippen molar-refractivity contribution in [3.63, 3.8) is 0 Å². The Morgan fingerprint density at radius 2 is 1.96 bits per heavy atom. The molecule has 1 heterocycles. The van der Waals surface area contributed by atoms with Gasteiger partial charge in [0, 0.05) is 25.7 Å². The van der Waals surface area contributed by atoms with Gasteiger partial charge in [-0.05, 0) is 57.0 Å². The number of likely N-dealkylation sites (tertiary alicyclic amines) is 1. The standard InChI is InChI=1S/C17H24FN3O2.ClH/c1-12(22)20-14-3-4-16(18)15(11-14)17(23)21-9-6-13(7-10-21)5-8-19-2;/h3-4,11,13,19H,5-10H2,1-2H3,(H,20,22);1H. The summed E-state index contributed by atoms with van der Waals surface area (Å²) in [6.07, 6.45) is 2.99. The molecule has 2 rings (SSSR count). The maximum atomic E-state index is 14.0. The largest absolute Gasteiger partial charge is 0.339 e. The first-order valence-corrected chi connectivity index (χ1v) is 8.02. The van der Waals surface area contributed by atoms with Crippen molar-refractivity contribution in [3.8, 4) is 0 Å². The van der Waals surface area contributed by atoms with Crippen LogP contribution in [0.1, 0.15) is 36.5 Å². The van der Waals surface area contributed by atoms with Gasteiger partial charge in [0.2, 0.25) is 5.91 Å². The topological polar surface area (TPSA) is 61.4 Å². The number of carbonyl (C=O) groups is 2. The van der Waals surface area contributed by atoms with Crippen molar-refractivity contribution in [2.75, 3.05) is 32.0 Å². The Morgan fingerprint density at radius 3 is 2.54 bits per heavy atom. The van der Waals surface area contributed by atoms with Crippen LogP contribution in [0, 0.1) is 11.7 Å². The van der Waals surface area contributed by atoms with Crippen LogP contribution in [-0.2, 0) is 4.79 Å². The third kappa shape index (κ3) is 5.46. The van der Waals surface area contributed by atoms with Crippen LogP contribution in [0.3, 0.4) is 0 Å². The zero-order valence-corrected chi connectivity index (χ0v) is 14.9. The molecule has 1 aliphatic rings. The van der Waals surface area contributed by atoms with E-state index in [9.17, 15) is 14.0 Å². The number of hydrogen-bond donors (Lipinski definition) is 2. The molecule has 1 aromatic rings. The van der Waals surface area contributed by atoms with E-state index in [-0.39, 0.29) is 29.8 Å². The van der Waals surface area contributed by atoms with E-state index in [1.165, 1.54) is 25.1 Å². The molecule has 5 nitrogen and oxygen atoms in total. The highest BCUT2D eigenvalue weighted by atomic mass is 35.5. The second-order valence-electron chi connectivity index (χ2n) is 6.00. The highest BCUT2D eigenvalue weighted by molar-refractivity contribution is 5.97. The van der Waals surface area contributed by atoms with Gasteiger partial charge in [-0.1, -0.05) is 0 Å². The Balaban J connectivity index is 0.00000288. The van der Waals surface area contributed by atoms with E-state index in [4.69, 9.17) is 0 Å². The maximum absolute atomic E-state index is 14.0. The van der Waals surface area contributed by atoms with Crippen molar-refractivity contribution in [1.29, 1.82) is 0 Å². The number of rotatable bonds is 5. The molecule has 1 saturated heterocycles. The zero-order valence-electron chi connectivity index (χ0n) is 14.1. The van der Waals surface area contributed by atoms with E-state index in [2.05, 4.69) is 10.6 Å². The average molecular weight is 358 g/mol. The average Bonchev–Trinajstić information content (AvgIpc) is 2.54. The number of anilines is 1. The zero-order chi connectivity index (χ0) is 16.8. The molecule has 1 fully saturated rings. The molecule has 0 aromatic heterocycles. The van der Waals surface area contributed by atoms with Crippen LogP contribution < -0.4 is 10.6 Å². The maximum Gasteiger partial charge on any atom is 0.256 e. The van der Waals surface area contributed by atoms with Gasteiger partial charge in [-0.15, -0.1) is 12.4 Å². The molecule has 0 saturated carbocycles. The molecule has 1 aliphatic heterocycles. The highest BCUT2D eigenvalue weighted by Crippen LogP contribution is 2.23. The molecular weight excluding hydrogens is 333 g/mol. The lowest BCUT2D eigenvalue weighted by Gasteiger charge is -2.32. The van der Waals surface area contributed by atoms with Crippen LogP contribution in [0.15, 0.2) is 18.2 Å². The van der Waals surface area contributed by atoms with Gasteiger partial charge in [0.25, 0.3) is 5.91 Å². The number of nitrogens with one attached hydrogen (secondary N) is 2. The number of hydrogen-bond acceptors (Lipinski definition) is 3. The molecule has 2 amide bonds.